The van der Waals surface area contributed by atoms with Gasteiger partial charge in [0.25, 0.3) is 0 Å². The van der Waals surface area contributed by atoms with Crippen LogP contribution >= 0.6 is 0 Å². The first-order chi connectivity index (χ1) is 5.41. The van der Waals surface area contributed by atoms with Crippen LogP contribution in [0.3, 0.4) is 0 Å². The Labute approximate surface area is 82.6 Å². The van der Waals surface area contributed by atoms with Crippen LogP contribution < -0.4 is 0 Å². The Hall–Kier alpha value is 0.0551. The second-order valence-electron chi connectivity index (χ2n) is 2.38. The molecule has 0 saturated heterocycles. The first kappa shape index (κ1) is 11.1. The van der Waals surface area contributed by atoms with E-state index in [2.05, 4.69) is 32.5 Å². The SMILES string of the molecule is CCCC#[C][Hg][C]#CCCC. The first-order valence-corrected chi connectivity index (χ1v) is 9.83. The summed E-state index contributed by atoms with van der Waals surface area (Å²) in [5.41, 5.74) is 0. The molecule has 0 aromatic rings. The van der Waals surface area contributed by atoms with E-state index in [0.29, 0.717) is 0 Å². The molecule has 0 aliphatic carbocycles. The Bertz CT molecular complexity index is 162. The third-order valence-corrected chi connectivity index (χ3v) is 4.49. The zero-order valence-electron chi connectivity index (χ0n) is 7.54. The molecular weight excluding hydrogens is 321 g/mol. The molecular formula is C10H14Hg. The summed E-state index contributed by atoms with van der Waals surface area (Å²) in [5, 5.41) is 0. The van der Waals surface area contributed by atoms with E-state index < -0.39 is 24.6 Å². The summed E-state index contributed by atoms with van der Waals surface area (Å²) in [6.07, 6.45) is 4.50. The molecule has 0 fully saturated rings. The molecule has 0 aromatic heterocycles. The fourth-order valence-corrected chi connectivity index (χ4v) is 3.29. The number of hydrogen-bond acceptors (Lipinski definition) is 0. The van der Waals surface area contributed by atoms with Gasteiger partial charge in [0.1, 0.15) is 0 Å². The molecule has 0 radical (unpaired) electrons. The van der Waals surface area contributed by atoms with Crippen molar-refractivity contribution in [2.24, 2.45) is 0 Å². The van der Waals surface area contributed by atoms with Crippen LogP contribution in [-0.4, -0.2) is 0 Å². The molecule has 0 nitrogen and oxygen atoms in total. The molecule has 0 heterocycles. The monoisotopic (exact) mass is 336 g/mol. The summed E-state index contributed by atoms with van der Waals surface area (Å²) in [5.74, 6) is 6.32. The van der Waals surface area contributed by atoms with Crippen LogP contribution in [0.5, 0.6) is 0 Å². The van der Waals surface area contributed by atoms with E-state index in [1.165, 1.54) is 12.8 Å². The molecule has 0 spiro atoms. The van der Waals surface area contributed by atoms with E-state index in [0.717, 1.165) is 12.8 Å². The van der Waals surface area contributed by atoms with E-state index in [1.807, 2.05) is 0 Å². The number of hydrogen-bond donors (Lipinski definition) is 0. The second kappa shape index (κ2) is 10.1. The van der Waals surface area contributed by atoms with E-state index >= 15 is 0 Å². The Morgan fingerprint density at radius 2 is 1.36 bits per heavy atom. The van der Waals surface area contributed by atoms with E-state index in [9.17, 15) is 0 Å². The van der Waals surface area contributed by atoms with Crippen LogP contribution in [0.25, 0.3) is 0 Å². The van der Waals surface area contributed by atoms with Crippen molar-refractivity contribution < 1.29 is 24.6 Å². The molecule has 1 heteroatoms. The van der Waals surface area contributed by atoms with Crippen LogP contribution in [0.4, 0.5) is 0 Å². The van der Waals surface area contributed by atoms with Crippen molar-refractivity contribution in [3.63, 3.8) is 0 Å². The minimum atomic E-state index is -1.01. The molecule has 0 N–H and O–H groups in total. The maximum atomic E-state index is 3.24. The van der Waals surface area contributed by atoms with Gasteiger partial charge in [0.05, 0.1) is 0 Å². The van der Waals surface area contributed by atoms with Crippen molar-refractivity contribution in [3.8, 4) is 18.7 Å². The Morgan fingerprint density at radius 3 is 1.73 bits per heavy atom. The third kappa shape index (κ3) is 10.1. The molecule has 0 unspecified atom stereocenters. The standard InChI is InChI=1S/2C5H7.Hg/c2*1-3-5-4-2;/h2*3,5H2,1H3;. The van der Waals surface area contributed by atoms with E-state index in [4.69, 9.17) is 0 Å². The summed E-state index contributed by atoms with van der Waals surface area (Å²) in [4.78, 5) is 0. The molecule has 0 saturated carbocycles. The van der Waals surface area contributed by atoms with Crippen LogP contribution in [0.2, 0.25) is 0 Å². The van der Waals surface area contributed by atoms with Crippen molar-refractivity contribution in [2.75, 3.05) is 0 Å². The average molecular weight is 335 g/mol. The molecule has 56 valence electrons. The molecule has 0 aliphatic rings. The Kier molecular flexibility index (Phi) is 10.1. The maximum absolute atomic E-state index is 3.24. The fraction of sp³-hybridized carbons (Fsp3) is 0.600. The summed E-state index contributed by atoms with van der Waals surface area (Å²) >= 11 is -1.01. The van der Waals surface area contributed by atoms with Gasteiger partial charge < -0.3 is 0 Å². The van der Waals surface area contributed by atoms with Gasteiger partial charge in [-0.15, -0.1) is 0 Å². The van der Waals surface area contributed by atoms with Gasteiger partial charge in [-0.05, 0) is 0 Å². The van der Waals surface area contributed by atoms with Crippen molar-refractivity contribution in [1.29, 1.82) is 0 Å². The van der Waals surface area contributed by atoms with Crippen LogP contribution in [-0.2, 0) is 24.6 Å². The van der Waals surface area contributed by atoms with Crippen molar-refractivity contribution in [3.05, 3.63) is 0 Å². The molecule has 0 amide bonds. The third-order valence-electron chi connectivity index (χ3n) is 1.18. The second-order valence-corrected chi connectivity index (χ2v) is 6.51. The van der Waals surface area contributed by atoms with Gasteiger partial charge in [-0.25, -0.2) is 0 Å². The zero-order chi connectivity index (χ0) is 8.36. The van der Waals surface area contributed by atoms with Crippen molar-refractivity contribution in [2.45, 2.75) is 39.5 Å². The predicted molar refractivity (Wildman–Crippen MR) is 45.4 cm³/mol. The first-order valence-electron chi connectivity index (χ1n) is 4.33. The van der Waals surface area contributed by atoms with Gasteiger partial charge in [0.15, 0.2) is 0 Å². The summed E-state index contributed by atoms with van der Waals surface area (Å²) < 4.78 is 6.49. The molecule has 0 rings (SSSR count). The van der Waals surface area contributed by atoms with Gasteiger partial charge >= 0.3 is 82.8 Å². The van der Waals surface area contributed by atoms with Gasteiger partial charge in [-0.2, -0.15) is 0 Å². The number of unbranched alkanes of at least 4 members (excludes halogenated alkanes) is 2. The number of rotatable bonds is 2. The molecule has 0 aliphatic heterocycles. The van der Waals surface area contributed by atoms with Crippen LogP contribution in [0, 0.1) is 18.7 Å². The topological polar surface area (TPSA) is 0 Å². The Balaban J connectivity index is 3.28. The van der Waals surface area contributed by atoms with Gasteiger partial charge in [-0.3, -0.25) is 0 Å². The normalized spacial score (nSPS) is 6.73. The van der Waals surface area contributed by atoms with E-state index in [1.54, 1.807) is 0 Å². The quantitative estimate of drug-likeness (QED) is 0.538. The van der Waals surface area contributed by atoms with Crippen LogP contribution in [0.1, 0.15) is 39.5 Å². The van der Waals surface area contributed by atoms with Gasteiger partial charge in [-0.1, -0.05) is 0 Å². The van der Waals surface area contributed by atoms with Gasteiger partial charge in [0, 0.05) is 0 Å². The molecule has 0 bridgehead atoms. The molecule has 0 aromatic carbocycles. The molecule has 0 atom stereocenters. The summed E-state index contributed by atoms with van der Waals surface area (Å²) in [7, 11) is 0. The summed E-state index contributed by atoms with van der Waals surface area (Å²) in [6, 6.07) is 0. The zero-order valence-corrected chi connectivity index (χ0v) is 13.0. The molecule has 11 heavy (non-hydrogen) atoms. The fourth-order valence-electron chi connectivity index (χ4n) is 0.596. The minimum absolute atomic E-state index is 1.01. The van der Waals surface area contributed by atoms with Crippen molar-refractivity contribution >= 4 is 0 Å². The van der Waals surface area contributed by atoms with Gasteiger partial charge in [0.2, 0.25) is 0 Å². The predicted octanol–water partition coefficient (Wildman–Crippen LogP) is 2.59. The Morgan fingerprint density at radius 1 is 0.909 bits per heavy atom. The average Bonchev–Trinajstić information content (AvgIpc) is 2.03. The van der Waals surface area contributed by atoms with Crippen LogP contribution in [0.15, 0.2) is 0 Å². The van der Waals surface area contributed by atoms with Crippen molar-refractivity contribution in [1.82, 2.24) is 0 Å². The summed E-state index contributed by atoms with van der Waals surface area (Å²) in [6.45, 7) is 4.32. The van der Waals surface area contributed by atoms with E-state index in [-0.39, 0.29) is 0 Å².